The minimum atomic E-state index is 0.675. The topological polar surface area (TPSA) is 55.7 Å². The zero-order valence-electron chi connectivity index (χ0n) is 12.4. The lowest BCUT2D eigenvalue weighted by molar-refractivity contribution is 0.294. The predicted molar refractivity (Wildman–Crippen MR) is 86.8 cm³/mol. The fourth-order valence-electron chi connectivity index (χ4n) is 1.66. The summed E-state index contributed by atoms with van der Waals surface area (Å²) in [6, 6.07) is 5.72. The first-order valence-corrected chi connectivity index (χ1v) is 7.63. The van der Waals surface area contributed by atoms with Crippen molar-refractivity contribution >= 4 is 22.7 Å². The highest BCUT2D eigenvalue weighted by Crippen LogP contribution is 2.27. The molecular weight excluding hydrogens is 286 g/mol. The summed E-state index contributed by atoms with van der Waals surface area (Å²) in [5.74, 6) is 1.46. The number of benzene rings is 1. The van der Waals surface area contributed by atoms with Crippen molar-refractivity contribution < 1.29 is 9.47 Å². The maximum Gasteiger partial charge on any atom is 0.203 e. The third-order valence-electron chi connectivity index (χ3n) is 2.64. The van der Waals surface area contributed by atoms with Gasteiger partial charge in [0.2, 0.25) is 5.13 Å². The summed E-state index contributed by atoms with van der Waals surface area (Å²) in [4.78, 5) is 4.27. The van der Waals surface area contributed by atoms with Crippen molar-refractivity contribution in [1.29, 1.82) is 0 Å². The van der Waals surface area contributed by atoms with E-state index in [1.165, 1.54) is 11.3 Å². The van der Waals surface area contributed by atoms with Gasteiger partial charge in [0.1, 0.15) is 0 Å². The van der Waals surface area contributed by atoms with Gasteiger partial charge in [-0.3, -0.25) is 5.43 Å². The first kappa shape index (κ1) is 15.3. The SMILES string of the molecule is CCCOc1ccc(C=NNc2nc(C)cs2)cc1OC. The van der Waals surface area contributed by atoms with Crippen LogP contribution in [0.2, 0.25) is 0 Å². The molecule has 0 radical (unpaired) electrons. The quantitative estimate of drug-likeness (QED) is 0.626. The van der Waals surface area contributed by atoms with Gasteiger partial charge in [0.05, 0.1) is 25.6 Å². The maximum absolute atomic E-state index is 5.62. The summed E-state index contributed by atoms with van der Waals surface area (Å²) in [5.41, 5.74) is 4.82. The summed E-state index contributed by atoms with van der Waals surface area (Å²) >= 11 is 1.52. The molecule has 2 rings (SSSR count). The van der Waals surface area contributed by atoms with E-state index >= 15 is 0 Å². The number of rotatable bonds is 7. The Morgan fingerprint density at radius 2 is 2.24 bits per heavy atom. The van der Waals surface area contributed by atoms with E-state index in [1.807, 2.05) is 30.5 Å². The number of aromatic nitrogens is 1. The Morgan fingerprint density at radius 1 is 1.38 bits per heavy atom. The van der Waals surface area contributed by atoms with Gasteiger partial charge >= 0.3 is 0 Å². The molecule has 6 heteroatoms. The molecule has 5 nitrogen and oxygen atoms in total. The highest BCUT2D eigenvalue weighted by Gasteiger charge is 2.04. The van der Waals surface area contributed by atoms with Crippen LogP contribution >= 0.6 is 11.3 Å². The van der Waals surface area contributed by atoms with Crippen molar-refractivity contribution in [2.24, 2.45) is 5.10 Å². The Morgan fingerprint density at radius 3 is 2.90 bits per heavy atom. The Bertz CT molecular complexity index is 611. The molecule has 0 atom stereocenters. The zero-order valence-corrected chi connectivity index (χ0v) is 13.2. The molecule has 0 fully saturated rings. The number of methoxy groups -OCH3 is 1. The summed E-state index contributed by atoms with van der Waals surface area (Å²) in [5, 5.41) is 6.92. The van der Waals surface area contributed by atoms with E-state index in [0.717, 1.165) is 28.6 Å². The van der Waals surface area contributed by atoms with Crippen LogP contribution in [0.25, 0.3) is 0 Å². The highest BCUT2D eigenvalue weighted by atomic mass is 32.1. The Balaban J connectivity index is 2.02. The second-order valence-corrected chi connectivity index (χ2v) is 5.28. The number of thiazole rings is 1. The molecule has 21 heavy (non-hydrogen) atoms. The van der Waals surface area contributed by atoms with Gasteiger partial charge in [0.25, 0.3) is 0 Å². The molecule has 0 aliphatic carbocycles. The Kier molecular flexibility index (Phi) is 5.57. The number of hydrogen-bond acceptors (Lipinski definition) is 6. The van der Waals surface area contributed by atoms with Crippen molar-refractivity contribution in [3.63, 3.8) is 0 Å². The minimum Gasteiger partial charge on any atom is -0.493 e. The molecule has 2 aromatic rings. The van der Waals surface area contributed by atoms with E-state index < -0.39 is 0 Å². The van der Waals surface area contributed by atoms with Gasteiger partial charge in [-0.1, -0.05) is 6.92 Å². The minimum absolute atomic E-state index is 0.675. The van der Waals surface area contributed by atoms with Crippen molar-refractivity contribution in [2.45, 2.75) is 20.3 Å². The Hall–Kier alpha value is -2.08. The van der Waals surface area contributed by atoms with Gasteiger partial charge in [-0.15, -0.1) is 11.3 Å². The highest BCUT2D eigenvalue weighted by molar-refractivity contribution is 7.13. The van der Waals surface area contributed by atoms with E-state index in [4.69, 9.17) is 9.47 Å². The van der Waals surface area contributed by atoms with Crippen molar-refractivity contribution in [1.82, 2.24) is 4.98 Å². The van der Waals surface area contributed by atoms with Crippen LogP contribution in [0.4, 0.5) is 5.13 Å². The predicted octanol–water partition coefficient (Wildman–Crippen LogP) is 3.69. The Labute approximate surface area is 128 Å². The van der Waals surface area contributed by atoms with Crippen molar-refractivity contribution in [3.05, 3.63) is 34.8 Å². The van der Waals surface area contributed by atoms with E-state index in [2.05, 4.69) is 22.4 Å². The van der Waals surface area contributed by atoms with E-state index in [9.17, 15) is 0 Å². The lowest BCUT2D eigenvalue weighted by Crippen LogP contribution is -1.98. The molecule has 0 aliphatic heterocycles. The van der Waals surface area contributed by atoms with Crippen molar-refractivity contribution in [2.75, 3.05) is 19.1 Å². The van der Waals surface area contributed by atoms with Crippen LogP contribution in [-0.2, 0) is 0 Å². The summed E-state index contributed by atoms with van der Waals surface area (Å²) in [7, 11) is 1.63. The molecule has 0 unspecified atom stereocenters. The second kappa shape index (κ2) is 7.64. The average molecular weight is 305 g/mol. The first-order chi connectivity index (χ1) is 10.2. The smallest absolute Gasteiger partial charge is 0.203 e. The molecule has 0 bridgehead atoms. The van der Waals surface area contributed by atoms with Crippen LogP contribution in [0.1, 0.15) is 24.6 Å². The van der Waals surface area contributed by atoms with Crippen LogP contribution < -0.4 is 14.9 Å². The van der Waals surface area contributed by atoms with Gasteiger partial charge < -0.3 is 9.47 Å². The normalized spacial score (nSPS) is 10.8. The molecule has 0 saturated carbocycles. The van der Waals surface area contributed by atoms with Crippen LogP contribution in [0.5, 0.6) is 11.5 Å². The molecule has 1 aromatic heterocycles. The van der Waals surface area contributed by atoms with Crippen LogP contribution in [0.3, 0.4) is 0 Å². The van der Waals surface area contributed by atoms with Crippen molar-refractivity contribution in [3.8, 4) is 11.5 Å². The molecule has 1 N–H and O–H groups in total. The average Bonchev–Trinajstić information content (AvgIpc) is 2.91. The molecule has 1 aromatic carbocycles. The van der Waals surface area contributed by atoms with E-state index in [0.29, 0.717) is 12.4 Å². The second-order valence-electron chi connectivity index (χ2n) is 4.42. The van der Waals surface area contributed by atoms with Crippen LogP contribution in [-0.4, -0.2) is 24.9 Å². The van der Waals surface area contributed by atoms with Gasteiger partial charge in [0, 0.05) is 5.38 Å². The molecule has 1 heterocycles. The number of aryl methyl sites for hydroxylation is 1. The van der Waals surface area contributed by atoms with Crippen LogP contribution in [0.15, 0.2) is 28.7 Å². The lowest BCUT2D eigenvalue weighted by Gasteiger charge is -2.10. The van der Waals surface area contributed by atoms with E-state index in [1.54, 1.807) is 13.3 Å². The van der Waals surface area contributed by atoms with Gasteiger partial charge in [-0.05, 0) is 37.1 Å². The maximum atomic E-state index is 5.62. The fourth-order valence-corrected chi connectivity index (χ4v) is 2.30. The van der Waals surface area contributed by atoms with Gasteiger partial charge in [0.15, 0.2) is 11.5 Å². The summed E-state index contributed by atoms with van der Waals surface area (Å²) in [6.07, 6.45) is 2.69. The molecule has 0 aliphatic rings. The zero-order chi connectivity index (χ0) is 15.1. The molecule has 0 saturated heterocycles. The number of hydrogen-bond donors (Lipinski definition) is 1. The molecule has 0 spiro atoms. The monoisotopic (exact) mass is 305 g/mol. The standard InChI is InChI=1S/C15H19N3O2S/c1-4-7-20-13-6-5-12(8-14(13)19-3)9-16-18-15-17-11(2)10-21-15/h5-6,8-10H,4,7H2,1-3H3,(H,17,18). The van der Waals surface area contributed by atoms with Gasteiger partial charge in [-0.2, -0.15) is 5.10 Å². The summed E-state index contributed by atoms with van der Waals surface area (Å²) < 4.78 is 10.9. The number of nitrogens with one attached hydrogen (secondary N) is 1. The third kappa shape index (κ3) is 4.46. The lowest BCUT2D eigenvalue weighted by atomic mass is 10.2. The largest absolute Gasteiger partial charge is 0.493 e. The molecular formula is C15H19N3O2S. The fraction of sp³-hybridized carbons (Fsp3) is 0.333. The number of anilines is 1. The number of ether oxygens (including phenoxy) is 2. The summed E-state index contributed by atoms with van der Waals surface area (Å²) in [6.45, 7) is 4.69. The van der Waals surface area contributed by atoms with Gasteiger partial charge in [-0.25, -0.2) is 4.98 Å². The molecule has 112 valence electrons. The van der Waals surface area contributed by atoms with Crippen LogP contribution in [0, 0.1) is 6.92 Å². The third-order valence-corrected chi connectivity index (χ3v) is 3.51. The molecule has 0 amide bonds. The first-order valence-electron chi connectivity index (χ1n) is 6.75. The number of hydrazone groups is 1. The van der Waals surface area contributed by atoms with E-state index in [-0.39, 0.29) is 0 Å². The number of nitrogens with zero attached hydrogens (tertiary/aromatic N) is 2.